The summed E-state index contributed by atoms with van der Waals surface area (Å²) in [7, 11) is 0. The molecule has 4 heterocycles. The largest absolute Gasteiger partial charge is 0.307 e. The van der Waals surface area contributed by atoms with Crippen LogP contribution < -0.4 is 0 Å². The second kappa shape index (κ2) is 7.46. The fourth-order valence-corrected chi connectivity index (χ4v) is 3.31. The van der Waals surface area contributed by atoms with E-state index in [1.807, 2.05) is 66.6 Å². The Hall–Kier alpha value is -3.97. The summed E-state index contributed by atoms with van der Waals surface area (Å²) in [6, 6.07) is 12.0. The Balaban J connectivity index is 1.74. The second-order valence-electron chi connectivity index (χ2n) is 8.01. The molecule has 7 heteroatoms. The highest BCUT2D eigenvalue weighted by molar-refractivity contribution is 5.81. The molecule has 0 fully saturated rings. The van der Waals surface area contributed by atoms with Gasteiger partial charge in [-0.05, 0) is 51.5 Å². The molecule has 0 saturated heterocycles. The summed E-state index contributed by atoms with van der Waals surface area (Å²) in [4.78, 5) is 9.11. The Morgan fingerprint density at radius 2 is 1.90 bits per heavy atom. The first-order chi connectivity index (χ1) is 14.4. The standard InChI is InChI=1S/C23H21N7/c1-16-13-29-8-6-17(10-21(29)27-16)22-20(5-4-19(11-24)28-22)18-12-26-30(14-18)9-7-23(2,3)15-25/h4-6,8,10,12-14H,7,9H2,1-3H3. The third-order valence-corrected chi connectivity index (χ3v) is 5.08. The topological polar surface area (TPSA) is 95.6 Å². The second-order valence-corrected chi connectivity index (χ2v) is 8.01. The predicted molar refractivity (Wildman–Crippen MR) is 113 cm³/mol. The number of hydrogen-bond donors (Lipinski definition) is 0. The van der Waals surface area contributed by atoms with Crippen LogP contribution in [0.4, 0.5) is 0 Å². The monoisotopic (exact) mass is 395 g/mol. The van der Waals surface area contributed by atoms with E-state index in [0.29, 0.717) is 24.4 Å². The van der Waals surface area contributed by atoms with Crippen LogP contribution in [-0.4, -0.2) is 24.1 Å². The van der Waals surface area contributed by atoms with Gasteiger partial charge in [-0.1, -0.05) is 0 Å². The molecule has 4 rings (SSSR count). The number of pyridine rings is 2. The lowest BCUT2D eigenvalue weighted by Gasteiger charge is -2.14. The van der Waals surface area contributed by atoms with Crippen molar-refractivity contribution in [1.29, 1.82) is 10.5 Å². The fourth-order valence-electron chi connectivity index (χ4n) is 3.31. The molecule has 0 saturated carbocycles. The van der Waals surface area contributed by atoms with E-state index in [2.05, 4.69) is 27.2 Å². The highest BCUT2D eigenvalue weighted by Crippen LogP contribution is 2.31. The van der Waals surface area contributed by atoms with Crippen LogP contribution in [0.1, 0.15) is 31.7 Å². The van der Waals surface area contributed by atoms with Gasteiger partial charge in [0, 0.05) is 41.8 Å². The Morgan fingerprint density at radius 3 is 2.67 bits per heavy atom. The summed E-state index contributed by atoms with van der Waals surface area (Å²) in [5, 5.41) is 23.0. The molecule has 0 aliphatic rings. The van der Waals surface area contributed by atoms with Crippen LogP contribution in [0, 0.1) is 35.0 Å². The first-order valence-electron chi connectivity index (χ1n) is 9.69. The van der Waals surface area contributed by atoms with E-state index in [4.69, 9.17) is 0 Å². The number of aryl methyl sites for hydroxylation is 2. The van der Waals surface area contributed by atoms with Crippen LogP contribution >= 0.6 is 0 Å². The zero-order chi connectivity index (χ0) is 21.3. The van der Waals surface area contributed by atoms with Gasteiger partial charge in [0.2, 0.25) is 0 Å². The fraction of sp³-hybridized carbons (Fsp3) is 0.261. The molecule has 0 atom stereocenters. The molecule has 7 nitrogen and oxygen atoms in total. The summed E-state index contributed by atoms with van der Waals surface area (Å²) in [5.74, 6) is 0. The Labute approximate surface area is 174 Å². The van der Waals surface area contributed by atoms with Crippen LogP contribution in [-0.2, 0) is 6.54 Å². The smallest absolute Gasteiger partial charge is 0.141 e. The molecule has 0 N–H and O–H groups in total. The van der Waals surface area contributed by atoms with Crippen LogP contribution in [0.3, 0.4) is 0 Å². The van der Waals surface area contributed by atoms with Gasteiger partial charge in [-0.25, -0.2) is 9.97 Å². The first-order valence-corrected chi connectivity index (χ1v) is 9.69. The molecule has 0 bridgehead atoms. The van der Waals surface area contributed by atoms with Gasteiger partial charge < -0.3 is 4.40 Å². The zero-order valence-corrected chi connectivity index (χ0v) is 17.2. The number of aromatic nitrogens is 5. The lowest BCUT2D eigenvalue weighted by molar-refractivity contribution is 0.399. The number of fused-ring (bicyclic) bond motifs is 1. The van der Waals surface area contributed by atoms with Crippen molar-refractivity contribution in [3.63, 3.8) is 0 Å². The van der Waals surface area contributed by atoms with Crippen molar-refractivity contribution >= 4 is 5.65 Å². The van der Waals surface area contributed by atoms with E-state index >= 15 is 0 Å². The van der Waals surface area contributed by atoms with E-state index < -0.39 is 5.41 Å². The van der Waals surface area contributed by atoms with E-state index in [1.165, 1.54) is 0 Å². The van der Waals surface area contributed by atoms with Gasteiger partial charge in [0.1, 0.15) is 17.4 Å². The van der Waals surface area contributed by atoms with E-state index in [0.717, 1.165) is 28.0 Å². The van der Waals surface area contributed by atoms with Crippen LogP contribution in [0.5, 0.6) is 0 Å². The lowest BCUT2D eigenvalue weighted by Crippen LogP contribution is -2.12. The van der Waals surface area contributed by atoms with Crippen molar-refractivity contribution in [2.75, 3.05) is 0 Å². The van der Waals surface area contributed by atoms with Gasteiger partial charge in [0.05, 0.1) is 29.1 Å². The molecule has 0 aromatic carbocycles. The van der Waals surface area contributed by atoms with Crippen molar-refractivity contribution in [2.24, 2.45) is 5.41 Å². The Kier molecular flexibility index (Phi) is 4.81. The third kappa shape index (κ3) is 3.78. The average molecular weight is 395 g/mol. The third-order valence-electron chi connectivity index (χ3n) is 5.08. The molecule has 4 aromatic rings. The zero-order valence-electron chi connectivity index (χ0n) is 17.2. The summed E-state index contributed by atoms with van der Waals surface area (Å²) in [5.41, 5.74) is 5.14. The number of nitrogens with zero attached hydrogens (tertiary/aromatic N) is 7. The van der Waals surface area contributed by atoms with Crippen molar-refractivity contribution in [3.8, 4) is 34.5 Å². The molecule has 0 radical (unpaired) electrons. The van der Waals surface area contributed by atoms with Gasteiger partial charge in [0.25, 0.3) is 0 Å². The highest BCUT2D eigenvalue weighted by atomic mass is 15.3. The van der Waals surface area contributed by atoms with Gasteiger partial charge >= 0.3 is 0 Å². The maximum absolute atomic E-state index is 9.35. The minimum absolute atomic E-state index is 0.358. The molecule has 0 aliphatic heterocycles. The number of imidazole rings is 1. The maximum Gasteiger partial charge on any atom is 0.141 e. The summed E-state index contributed by atoms with van der Waals surface area (Å²) in [6.45, 7) is 6.45. The minimum Gasteiger partial charge on any atom is -0.307 e. The van der Waals surface area contributed by atoms with Gasteiger partial charge in [-0.15, -0.1) is 0 Å². The molecule has 148 valence electrons. The van der Waals surface area contributed by atoms with E-state index in [-0.39, 0.29) is 0 Å². The highest BCUT2D eigenvalue weighted by Gasteiger charge is 2.18. The molecule has 0 unspecified atom stereocenters. The van der Waals surface area contributed by atoms with Gasteiger partial charge in [0.15, 0.2) is 0 Å². The molecular weight excluding hydrogens is 374 g/mol. The number of nitriles is 2. The van der Waals surface area contributed by atoms with Crippen molar-refractivity contribution < 1.29 is 0 Å². The van der Waals surface area contributed by atoms with Gasteiger partial charge in [-0.2, -0.15) is 15.6 Å². The van der Waals surface area contributed by atoms with Crippen LogP contribution in [0.15, 0.2) is 49.1 Å². The quantitative estimate of drug-likeness (QED) is 0.500. The molecule has 4 aromatic heterocycles. The number of hydrogen-bond acceptors (Lipinski definition) is 5. The number of rotatable bonds is 5. The summed E-state index contributed by atoms with van der Waals surface area (Å²) in [6.07, 6.45) is 8.37. The molecule has 0 amide bonds. The first kappa shape index (κ1) is 19.4. The summed E-state index contributed by atoms with van der Waals surface area (Å²) >= 11 is 0. The van der Waals surface area contributed by atoms with Crippen LogP contribution in [0.2, 0.25) is 0 Å². The van der Waals surface area contributed by atoms with Crippen molar-refractivity contribution in [1.82, 2.24) is 24.1 Å². The average Bonchev–Trinajstić information content (AvgIpc) is 3.37. The molecular formula is C23H21N7. The van der Waals surface area contributed by atoms with Crippen molar-refractivity contribution in [2.45, 2.75) is 33.7 Å². The molecule has 30 heavy (non-hydrogen) atoms. The SMILES string of the molecule is Cc1cn2ccc(-c3nc(C#N)ccc3-c3cnn(CCC(C)(C)C#N)c3)cc2n1. The molecule has 0 spiro atoms. The normalized spacial score (nSPS) is 11.4. The Morgan fingerprint density at radius 1 is 1.07 bits per heavy atom. The lowest BCUT2D eigenvalue weighted by atomic mass is 9.92. The van der Waals surface area contributed by atoms with Crippen molar-refractivity contribution in [3.05, 3.63) is 60.4 Å². The van der Waals surface area contributed by atoms with Crippen LogP contribution in [0.25, 0.3) is 28.0 Å². The van der Waals surface area contributed by atoms with Gasteiger partial charge in [-0.3, -0.25) is 4.68 Å². The maximum atomic E-state index is 9.35. The summed E-state index contributed by atoms with van der Waals surface area (Å²) < 4.78 is 3.80. The molecule has 0 aliphatic carbocycles. The predicted octanol–water partition coefficient (Wildman–Crippen LogP) is 4.38. The minimum atomic E-state index is -0.398. The van der Waals surface area contributed by atoms with E-state index in [9.17, 15) is 10.5 Å². The Bertz CT molecular complexity index is 1310. The van der Waals surface area contributed by atoms with E-state index in [1.54, 1.807) is 12.3 Å².